The lowest BCUT2D eigenvalue weighted by atomic mass is 9.86. The summed E-state index contributed by atoms with van der Waals surface area (Å²) in [7, 11) is 0. The van der Waals surface area contributed by atoms with Crippen LogP contribution in [0.2, 0.25) is 0 Å². The standard InChI is InChI=1S/C29H33N3O/c1-19(2)32-27-14-20(3)24(15-26(27)21(4)17-29(32,5)6)18-30-31-28(33)16-23-12-9-11-22-10-7-8-13-25(22)23/h7-15,17-19H,16H2,1-6H3,(H,31,33)/b30-18+. The van der Waals surface area contributed by atoms with Crippen LogP contribution >= 0.6 is 0 Å². The molecule has 1 amide bonds. The fraction of sp³-hybridized carbons (Fsp3) is 0.310. The number of carbonyl (C=O) groups is 1. The SMILES string of the molecule is CC1=CC(C)(C)N(C(C)C)c2cc(C)c(/C=N/NC(=O)Cc3cccc4ccccc34)cc21. The van der Waals surface area contributed by atoms with Gasteiger partial charge in [0.1, 0.15) is 0 Å². The van der Waals surface area contributed by atoms with E-state index >= 15 is 0 Å². The molecule has 1 N–H and O–H groups in total. The summed E-state index contributed by atoms with van der Waals surface area (Å²) in [5.74, 6) is -0.123. The molecular weight excluding hydrogens is 406 g/mol. The van der Waals surface area contributed by atoms with Gasteiger partial charge in [0.25, 0.3) is 0 Å². The van der Waals surface area contributed by atoms with Crippen LogP contribution in [0.25, 0.3) is 16.3 Å². The predicted molar refractivity (Wildman–Crippen MR) is 140 cm³/mol. The summed E-state index contributed by atoms with van der Waals surface area (Å²) in [5.41, 5.74) is 9.56. The first kappa shape index (κ1) is 22.8. The zero-order valence-corrected chi connectivity index (χ0v) is 20.4. The van der Waals surface area contributed by atoms with Crippen molar-refractivity contribution in [2.75, 3.05) is 4.90 Å². The number of nitrogens with one attached hydrogen (secondary N) is 1. The number of nitrogens with zero attached hydrogens (tertiary/aromatic N) is 2. The normalized spacial score (nSPS) is 15.1. The molecule has 0 aromatic heterocycles. The van der Waals surface area contributed by atoms with Crippen molar-refractivity contribution in [2.24, 2.45) is 5.10 Å². The number of fused-ring (bicyclic) bond motifs is 2. The molecule has 0 bridgehead atoms. The summed E-state index contributed by atoms with van der Waals surface area (Å²) in [5, 5.41) is 6.52. The summed E-state index contributed by atoms with van der Waals surface area (Å²) < 4.78 is 0. The minimum Gasteiger partial charge on any atom is -0.360 e. The van der Waals surface area contributed by atoms with Gasteiger partial charge in [-0.3, -0.25) is 4.79 Å². The Bertz CT molecular complexity index is 1260. The van der Waals surface area contributed by atoms with E-state index in [1.165, 1.54) is 16.8 Å². The Morgan fingerprint density at radius 2 is 1.82 bits per heavy atom. The van der Waals surface area contributed by atoms with Crippen molar-refractivity contribution >= 4 is 34.2 Å². The van der Waals surface area contributed by atoms with E-state index in [2.05, 4.69) is 93.4 Å². The van der Waals surface area contributed by atoms with Crippen LogP contribution in [0.4, 0.5) is 5.69 Å². The molecule has 3 aromatic rings. The van der Waals surface area contributed by atoms with Crippen LogP contribution < -0.4 is 10.3 Å². The number of carbonyl (C=O) groups excluding carboxylic acids is 1. The topological polar surface area (TPSA) is 44.7 Å². The molecule has 0 saturated carbocycles. The second-order valence-corrected chi connectivity index (χ2v) is 9.78. The molecule has 1 heterocycles. The first-order chi connectivity index (χ1) is 15.7. The Labute approximate surface area is 197 Å². The minimum atomic E-state index is -0.123. The van der Waals surface area contributed by atoms with Gasteiger partial charge < -0.3 is 4.90 Å². The van der Waals surface area contributed by atoms with Crippen LogP contribution in [0.15, 0.2) is 65.8 Å². The Balaban J connectivity index is 1.53. The number of allylic oxidation sites excluding steroid dienone is 1. The van der Waals surface area contributed by atoms with Crippen LogP contribution in [0.3, 0.4) is 0 Å². The molecule has 0 saturated heterocycles. The van der Waals surface area contributed by atoms with Crippen LogP contribution in [0.1, 0.15) is 56.9 Å². The largest absolute Gasteiger partial charge is 0.360 e. The molecule has 0 spiro atoms. The van der Waals surface area contributed by atoms with Crippen molar-refractivity contribution in [3.05, 3.63) is 82.9 Å². The monoisotopic (exact) mass is 439 g/mol. The van der Waals surface area contributed by atoms with E-state index in [-0.39, 0.29) is 11.4 Å². The van der Waals surface area contributed by atoms with Gasteiger partial charge in [-0.25, -0.2) is 5.43 Å². The summed E-state index contributed by atoms with van der Waals surface area (Å²) in [6.07, 6.45) is 4.38. The van der Waals surface area contributed by atoms with Gasteiger partial charge in [-0.1, -0.05) is 48.5 Å². The van der Waals surface area contributed by atoms with E-state index in [1.54, 1.807) is 6.21 Å². The third-order valence-electron chi connectivity index (χ3n) is 6.40. The highest BCUT2D eigenvalue weighted by atomic mass is 16.2. The van der Waals surface area contributed by atoms with Crippen molar-refractivity contribution in [3.63, 3.8) is 0 Å². The van der Waals surface area contributed by atoms with Gasteiger partial charge in [-0.15, -0.1) is 0 Å². The number of benzene rings is 3. The third-order valence-corrected chi connectivity index (χ3v) is 6.40. The fourth-order valence-electron chi connectivity index (χ4n) is 5.13. The molecule has 1 aliphatic rings. The van der Waals surface area contributed by atoms with Crippen LogP contribution in [-0.2, 0) is 11.2 Å². The van der Waals surface area contributed by atoms with Crippen molar-refractivity contribution in [1.29, 1.82) is 0 Å². The first-order valence-electron chi connectivity index (χ1n) is 11.6. The summed E-state index contributed by atoms with van der Waals surface area (Å²) in [6.45, 7) is 13.2. The van der Waals surface area contributed by atoms with Gasteiger partial charge in [0.2, 0.25) is 5.91 Å². The van der Waals surface area contributed by atoms with E-state index in [0.29, 0.717) is 12.5 Å². The maximum absolute atomic E-state index is 12.6. The molecule has 0 aliphatic carbocycles. The number of rotatable bonds is 5. The number of hydrogen-bond donors (Lipinski definition) is 1. The van der Waals surface area contributed by atoms with Crippen LogP contribution in [0.5, 0.6) is 0 Å². The quantitative estimate of drug-likeness (QED) is 0.377. The van der Waals surface area contributed by atoms with E-state index in [4.69, 9.17) is 0 Å². The lowest BCUT2D eigenvalue weighted by Crippen LogP contribution is -2.49. The highest BCUT2D eigenvalue weighted by Crippen LogP contribution is 2.41. The number of aryl methyl sites for hydroxylation is 1. The maximum Gasteiger partial charge on any atom is 0.244 e. The molecule has 1 aliphatic heterocycles. The lowest BCUT2D eigenvalue weighted by Gasteiger charge is -2.46. The van der Waals surface area contributed by atoms with E-state index < -0.39 is 0 Å². The number of hydrogen-bond acceptors (Lipinski definition) is 3. The zero-order valence-electron chi connectivity index (χ0n) is 20.4. The molecule has 0 atom stereocenters. The second-order valence-electron chi connectivity index (χ2n) is 9.78. The minimum absolute atomic E-state index is 0.0388. The Morgan fingerprint density at radius 1 is 1.09 bits per heavy atom. The third kappa shape index (κ3) is 4.56. The zero-order chi connectivity index (χ0) is 23.8. The number of anilines is 1. The maximum atomic E-state index is 12.6. The van der Waals surface area contributed by atoms with Gasteiger partial charge in [0, 0.05) is 17.3 Å². The Kier molecular flexibility index (Phi) is 6.11. The first-order valence-corrected chi connectivity index (χ1v) is 11.6. The highest BCUT2D eigenvalue weighted by Gasteiger charge is 2.33. The van der Waals surface area contributed by atoms with Gasteiger partial charge in [-0.05, 0) is 86.7 Å². The molecule has 170 valence electrons. The molecule has 4 heteroatoms. The molecule has 3 aromatic carbocycles. The van der Waals surface area contributed by atoms with E-state index in [1.807, 2.05) is 24.3 Å². The molecule has 0 radical (unpaired) electrons. The smallest absolute Gasteiger partial charge is 0.244 e. The average molecular weight is 440 g/mol. The molecule has 33 heavy (non-hydrogen) atoms. The van der Waals surface area contributed by atoms with Crippen molar-refractivity contribution < 1.29 is 4.79 Å². The van der Waals surface area contributed by atoms with Crippen molar-refractivity contribution in [2.45, 2.75) is 59.5 Å². The van der Waals surface area contributed by atoms with E-state index in [0.717, 1.165) is 27.5 Å². The summed E-state index contributed by atoms with van der Waals surface area (Å²) >= 11 is 0. The van der Waals surface area contributed by atoms with E-state index in [9.17, 15) is 4.79 Å². The Hall–Kier alpha value is -3.40. The molecule has 4 nitrogen and oxygen atoms in total. The molecule has 4 rings (SSSR count). The summed E-state index contributed by atoms with van der Waals surface area (Å²) in [4.78, 5) is 15.0. The second kappa shape index (κ2) is 8.86. The molecule has 0 unspecified atom stereocenters. The van der Waals surface area contributed by atoms with Gasteiger partial charge in [-0.2, -0.15) is 5.10 Å². The van der Waals surface area contributed by atoms with Gasteiger partial charge in [0.15, 0.2) is 0 Å². The van der Waals surface area contributed by atoms with Gasteiger partial charge >= 0.3 is 0 Å². The molecular formula is C29H33N3O. The summed E-state index contributed by atoms with van der Waals surface area (Å²) in [6, 6.07) is 19.0. The molecule has 0 fully saturated rings. The average Bonchev–Trinajstić information content (AvgIpc) is 2.74. The predicted octanol–water partition coefficient (Wildman–Crippen LogP) is 6.25. The lowest BCUT2D eigenvalue weighted by molar-refractivity contribution is -0.120. The number of hydrazone groups is 1. The number of amides is 1. The fourth-order valence-corrected chi connectivity index (χ4v) is 5.13. The van der Waals surface area contributed by atoms with Crippen molar-refractivity contribution in [1.82, 2.24) is 5.43 Å². The Morgan fingerprint density at radius 3 is 2.58 bits per heavy atom. The van der Waals surface area contributed by atoms with Gasteiger partial charge in [0.05, 0.1) is 18.2 Å². The highest BCUT2D eigenvalue weighted by molar-refractivity contribution is 5.92. The van der Waals surface area contributed by atoms with Crippen LogP contribution in [0, 0.1) is 6.92 Å². The van der Waals surface area contributed by atoms with Crippen molar-refractivity contribution in [3.8, 4) is 0 Å². The van der Waals surface area contributed by atoms with Crippen LogP contribution in [-0.4, -0.2) is 23.7 Å².